The van der Waals surface area contributed by atoms with Crippen LogP contribution in [0.15, 0.2) is 42.5 Å². The number of likely N-dealkylation sites (tertiary alicyclic amines) is 1. The van der Waals surface area contributed by atoms with E-state index in [0.717, 1.165) is 18.4 Å². The summed E-state index contributed by atoms with van der Waals surface area (Å²) in [5, 5.41) is 3.57. The van der Waals surface area contributed by atoms with Gasteiger partial charge >= 0.3 is 0 Å². The molecule has 1 saturated heterocycles. The van der Waals surface area contributed by atoms with Gasteiger partial charge in [0, 0.05) is 42.5 Å². The number of nitrogens with one attached hydrogen (secondary N) is 1. The first-order valence-electron chi connectivity index (χ1n) is 10.1. The molecule has 0 saturated carbocycles. The lowest BCUT2D eigenvalue weighted by Gasteiger charge is -2.47. The Labute approximate surface area is 181 Å². The lowest BCUT2D eigenvalue weighted by Crippen LogP contribution is -2.61. The molecule has 2 aromatic rings. The highest BCUT2D eigenvalue weighted by atomic mass is 35.5. The molecule has 1 unspecified atom stereocenters. The van der Waals surface area contributed by atoms with Crippen LogP contribution in [0.1, 0.15) is 30.4 Å². The maximum atomic E-state index is 13.8. The Balaban J connectivity index is 2.02. The molecule has 2 heterocycles. The van der Waals surface area contributed by atoms with Crippen molar-refractivity contribution in [3.63, 3.8) is 0 Å². The number of hydrogen-bond donors (Lipinski definition) is 1. The van der Waals surface area contributed by atoms with E-state index in [-0.39, 0.29) is 11.8 Å². The summed E-state index contributed by atoms with van der Waals surface area (Å²) in [6.07, 6.45) is 2.53. The molecule has 2 aliphatic heterocycles. The number of amides is 2. The molecule has 30 heavy (non-hydrogen) atoms. The number of rotatable bonds is 4. The van der Waals surface area contributed by atoms with Gasteiger partial charge < -0.3 is 15.0 Å². The van der Waals surface area contributed by atoms with Crippen LogP contribution < -0.4 is 10.1 Å². The minimum atomic E-state index is -1.20. The van der Waals surface area contributed by atoms with Gasteiger partial charge in [-0.1, -0.05) is 36.2 Å². The quantitative estimate of drug-likeness (QED) is 0.811. The summed E-state index contributed by atoms with van der Waals surface area (Å²) < 4.78 is 5.68. The molecule has 2 amide bonds. The van der Waals surface area contributed by atoms with E-state index in [1.807, 2.05) is 41.3 Å². The van der Waals surface area contributed by atoms with Crippen LogP contribution in [0.3, 0.4) is 0 Å². The summed E-state index contributed by atoms with van der Waals surface area (Å²) >= 11 is 6.38. The number of nitrogens with zero attached hydrogens (tertiary/aromatic N) is 2. The van der Waals surface area contributed by atoms with Crippen LogP contribution in [-0.2, 0) is 15.1 Å². The second-order valence-electron chi connectivity index (χ2n) is 7.99. The van der Waals surface area contributed by atoms with E-state index in [1.165, 1.54) is 0 Å². The molecule has 7 heteroatoms. The van der Waals surface area contributed by atoms with E-state index < -0.39 is 11.6 Å². The number of carbonyl (C=O) groups is 2. The minimum Gasteiger partial charge on any atom is -0.496 e. The zero-order valence-corrected chi connectivity index (χ0v) is 18.2. The molecule has 0 aromatic heterocycles. The Morgan fingerprint density at radius 3 is 2.70 bits per heavy atom. The SMILES string of the molecule is COc1ccccc1C1(N2CCCC[C@H]2C(=O)N(C)C)C(=O)Nc2ccc(Cl)cc21. The summed E-state index contributed by atoms with van der Waals surface area (Å²) in [6, 6.07) is 12.5. The van der Waals surface area contributed by atoms with E-state index in [4.69, 9.17) is 16.3 Å². The highest BCUT2D eigenvalue weighted by molar-refractivity contribution is 6.31. The molecule has 158 valence electrons. The molecule has 4 rings (SSSR count). The van der Waals surface area contributed by atoms with Crippen molar-refractivity contribution >= 4 is 29.1 Å². The summed E-state index contributed by atoms with van der Waals surface area (Å²) in [7, 11) is 5.10. The Bertz CT molecular complexity index is 993. The van der Waals surface area contributed by atoms with Gasteiger partial charge in [0.15, 0.2) is 5.54 Å². The van der Waals surface area contributed by atoms with Gasteiger partial charge in [-0.25, -0.2) is 0 Å². The Hall–Kier alpha value is -2.57. The number of ether oxygens (including phenoxy) is 1. The molecule has 0 spiro atoms. The Morgan fingerprint density at radius 1 is 1.20 bits per heavy atom. The predicted molar refractivity (Wildman–Crippen MR) is 117 cm³/mol. The van der Waals surface area contributed by atoms with E-state index in [2.05, 4.69) is 5.32 Å². The van der Waals surface area contributed by atoms with Crippen molar-refractivity contribution in [3.8, 4) is 5.75 Å². The summed E-state index contributed by atoms with van der Waals surface area (Å²) in [5.74, 6) is 0.400. The molecule has 6 nitrogen and oxygen atoms in total. The smallest absolute Gasteiger partial charge is 0.254 e. The van der Waals surface area contributed by atoms with Crippen molar-refractivity contribution < 1.29 is 14.3 Å². The van der Waals surface area contributed by atoms with Crippen molar-refractivity contribution in [1.29, 1.82) is 0 Å². The highest BCUT2D eigenvalue weighted by Gasteiger charge is 2.57. The second-order valence-corrected chi connectivity index (χ2v) is 8.43. The molecule has 2 atom stereocenters. The average Bonchev–Trinajstić information content (AvgIpc) is 3.04. The zero-order valence-electron chi connectivity index (χ0n) is 17.4. The lowest BCUT2D eigenvalue weighted by molar-refractivity contribution is -0.142. The fourth-order valence-electron chi connectivity index (χ4n) is 4.80. The third-order valence-corrected chi connectivity index (χ3v) is 6.34. The largest absolute Gasteiger partial charge is 0.496 e. The van der Waals surface area contributed by atoms with Crippen molar-refractivity contribution in [2.45, 2.75) is 30.8 Å². The first-order valence-corrected chi connectivity index (χ1v) is 10.5. The van der Waals surface area contributed by atoms with E-state index >= 15 is 0 Å². The van der Waals surface area contributed by atoms with Crippen LogP contribution in [0.5, 0.6) is 5.75 Å². The predicted octanol–water partition coefficient (Wildman–Crippen LogP) is 3.49. The lowest BCUT2D eigenvalue weighted by atomic mass is 9.78. The van der Waals surface area contributed by atoms with Gasteiger partial charge in [0.25, 0.3) is 5.91 Å². The van der Waals surface area contributed by atoms with Gasteiger partial charge in [0.1, 0.15) is 5.75 Å². The molecule has 0 aliphatic carbocycles. The van der Waals surface area contributed by atoms with Crippen LogP contribution in [0, 0.1) is 0 Å². The standard InChI is InChI=1S/C23H26ClN3O3/c1-26(2)21(28)19-9-6-7-13-27(19)23(16-8-4-5-10-20(16)30-3)17-14-15(24)11-12-18(17)25-22(23)29/h4-5,8,10-12,14,19H,6-7,9,13H2,1-3H3,(H,25,29)/t19-,23?/m0/s1. The number of likely N-dealkylation sites (N-methyl/N-ethyl adjacent to an activating group) is 1. The summed E-state index contributed by atoms with van der Waals surface area (Å²) in [6.45, 7) is 0.613. The first kappa shape index (κ1) is 20.7. The maximum Gasteiger partial charge on any atom is 0.254 e. The normalized spacial score (nSPS) is 23.6. The fourth-order valence-corrected chi connectivity index (χ4v) is 4.97. The fraction of sp³-hybridized carbons (Fsp3) is 0.391. The number of hydrogen-bond acceptors (Lipinski definition) is 4. The van der Waals surface area contributed by atoms with Gasteiger partial charge in [0.05, 0.1) is 13.2 Å². The van der Waals surface area contributed by atoms with Crippen molar-refractivity contribution in [2.24, 2.45) is 0 Å². The molecule has 2 aliphatic rings. The molecule has 0 radical (unpaired) electrons. The van der Waals surface area contributed by atoms with Crippen LogP contribution in [0.25, 0.3) is 0 Å². The molecule has 1 fully saturated rings. The average molecular weight is 428 g/mol. The highest BCUT2D eigenvalue weighted by Crippen LogP contribution is 2.50. The monoisotopic (exact) mass is 427 g/mol. The maximum absolute atomic E-state index is 13.8. The van der Waals surface area contributed by atoms with Gasteiger partial charge in [-0.05, 0) is 37.1 Å². The Morgan fingerprint density at radius 2 is 1.97 bits per heavy atom. The number of methoxy groups -OCH3 is 1. The third-order valence-electron chi connectivity index (χ3n) is 6.10. The second kappa shape index (κ2) is 7.93. The van der Waals surface area contributed by atoms with Crippen LogP contribution in [0.4, 0.5) is 5.69 Å². The number of anilines is 1. The minimum absolute atomic E-state index is 0.00717. The van der Waals surface area contributed by atoms with Gasteiger partial charge in [-0.15, -0.1) is 0 Å². The molecular weight excluding hydrogens is 402 g/mol. The van der Waals surface area contributed by atoms with E-state index in [1.54, 1.807) is 32.2 Å². The molecule has 2 aromatic carbocycles. The van der Waals surface area contributed by atoms with Gasteiger partial charge in [-0.2, -0.15) is 0 Å². The number of fused-ring (bicyclic) bond motifs is 1. The number of piperidine rings is 1. The van der Waals surface area contributed by atoms with Crippen LogP contribution in [-0.4, -0.2) is 55.4 Å². The van der Waals surface area contributed by atoms with Gasteiger partial charge in [0.2, 0.25) is 5.91 Å². The van der Waals surface area contributed by atoms with Gasteiger partial charge in [-0.3, -0.25) is 14.5 Å². The van der Waals surface area contributed by atoms with E-state index in [0.29, 0.717) is 35.0 Å². The third kappa shape index (κ3) is 3.06. The topological polar surface area (TPSA) is 61.9 Å². The summed E-state index contributed by atoms with van der Waals surface area (Å²) in [5.41, 5.74) is 0.966. The molecular formula is C23H26ClN3O3. The molecule has 0 bridgehead atoms. The van der Waals surface area contributed by atoms with Crippen LogP contribution in [0.2, 0.25) is 5.02 Å². The van der Waals surface area contributed by atoms with Crippen LogP contribution >= 0.6 is 11.6 Å². The number of halogens is 1. The van der Waals surface area contributed by atoms with E-state index in [9.17, 15) is 9.59 Å². The summed E-state index contributed by atoms with van der Waals surface area (Å²) in [4.78, 5) is 30.6. The van der Waals surface area contributed by atoms with Crippen molar-refractivity contribution in [3.05, 3.63) is 58.6 Å². The van der Waals surface area contributed by atoms with Crippen molar-refractivity contribution in [2.75, 3.05) is 33.1 Å². The Kier molecular flexibility index (Phi) is 5.47. The number of carbonyl (C=O) groups excluding carboxylic acids is 2. The number of benzene rings is 2. The molecule has 1 N–H and O–H groups in total. The van der Waals surface area contributed by atoms with Crippen molar-refractivity contribution in [1.82, 2.24) is 9.80 Å². The zero-order chi connectivity index (χ0) is 21.5. The number of para-hydroxylation sites is 1. The first-order chi connectivity index (χ1) is 14.4.